The van der Waals surface area contributed by atoms with Crippen molar-refractivity contribution < 1.29 is 5.11 Å². The fraction of sp³-hybridized carbons (Fsp3) is 0.182. The number of aliphatic hydroxyl groups is 1. The fourth-order valence-electron chi connectivity index (χ4n) is 1.28. The maximum Gasteiger partial charge on any atom is 0.131 e. The Kier molecular flexibility index (Phi) is 3.19. The number of hydrogen-bond acceptors (Lipinski definition) is 3. The van der Waals surface area contributed by atoms with Crippen molar-refractivity contribution in [1.29, 1.82) is 0 Å². The van der Waals surface area contributed by atoms with Gasteiger partial charge in [0.05, 0.1) is 10.6 Å². The molecular weight excluding hydrogens is 274 g/mol. The molecule has 0 aliphatic heterocycles. The third-order valence-electron chi connectivity index (χ3n) is 2.11. The van der Waals surface area contributed by atoms with Crippen LogP contribution < -0.4 is 0 Å². The first-order chi connectivity index (χ1) is 7.18. The van der Waals surface area contributed by atoms with Gasteiger partial charge in [-0.2, -0.15) is 0 Å². The van der Waals surface area contributed by atoms with E-state index in [0.29, 0.717) is 5.69 Å². The molecule has 2 rings (SSSR count). The Morgan fingerprint density at radius 3 is 2.73 bits per heavy atom. The second-order valence-electron chi connectivity index (χ2n) is 3.30. The van der Waals surface area contributed by atoms with E-state index in [2.05, 4.69) is 20.9 Å². The molecule has 0 bridgehead atoms. The summed E-state index contributed by atoms with van der Waals surface area (Å²) in [5.74, 6) is 0. The summed E-state index contributed by atoms with van der Waals surface area (Å²) in [5, 5.41) is 12.0. The highest BCUT2D eigenvalue weighted by molar-refractivity contribution is 9.10. The first kappa shape index (κ1) is 10.8. The van der Waals surface area contributed by atoms with Crippen LogP contribution in [0.5, 0.6) is 0 Å². The average Bonchev–Trinajstić information content (AvgIpc) is 2.65. The average molecular weight is 284 g/mol. The lowest BCUT2D eigenvalue weighted by atomic mass is 10.2. The molecule has 0 saturated carbocycles. The van der Waals surface area contributed by atoms with Gasteiger partial charge in [0, 0.05) is 10.7 Å². The number of halogens is 1. The highest BCUT2D eigenvalue weighted by Crippen LogP contribution is 2.32. The summed E-state index contributed by atoms with van der Waals surface area (Å²) in [6.07, 6.45) is 1.13. The zero-order valence-electron chi connectivity index (χ0n) is 8.14. The highest BCUT2D eigenvalue weighted by Gasteiger charge is 2.15. The number of thiophene rings is 1. The van der Waals surface area contributed by atoms with E-state index >= 15 is 0 Å². The minimum absolute atomic E-state index is 0.639. The maximum atomic E-state index is 10.1. The normalized spacial score (nSPS) is 12.7. The quantitative estimate of drug-likeness (QED) is 0.918. The van der Waals surface area contributed by atoms with E-state index < -0.39 is 6.10 Å². The third kappa shape index (κ3) is 2.27. The minimum atomic E-state index is -0.639. The van der Waals surface area contributed by atoms with Crippen molar-refractivity contribution in [2.75, 3.05) is 0 Å². The van der Waals surface area contributed by atoms with Crippen molar-refractivity contribution in [3.63, 3.8) is 0 Å². The standard InChI is InChI=1S/C11H10BrNOS/c1-7-2-3-9(13-6-7)10(14)11-8(12)4-5-15-11/h2-6,10,14H,1H3. The first-order valence-corrected chi connectivity index (χ1v) is 6.19. The Hall–Kier alpha value is -0.710. The van der Waals surface area contributed by atoms with Crippen LogP contribution in [0.4, 0.5) is 0 Å². The zero-order valence-corrected chi connectivity index (χ0v) is 10.5. The predicted octanol–water partition coefficient (Wildman–Crippen LogP) is 3.30. The Labute approximate surface area is 101 Å². The summed E-state index contributed by atoms with van der Waals surface area (Å²) in [4.78, 5) is 5.11. The summed E-state index contributed by atoms with van der Waals surface area (Å²) >= 11 is 4.92. The van der Waals surface area contributed by atoms with Crippen LogP contribution in [0.25, 0.3) is 0 Å². The summed E-state index contributed by atoms with van der Waals surface area (Å²) in [5.41, 5.74) is 1.78. The van der Waals surface area contributed by atoms with Crippen molar-refractivity contribution in [3.05, 3.63) is 50.4 Å². The Balaban J connectivity index is 2.32. The second-order valence-corrected chi connectivity index (χ2v) is 5.10. The largest absolute Gasteiger partial charge is 0.381 e. The molecule has 4 heteroatoms. The number of rotatable bonds is 2. The van der Waals surface area contributed by atoms with Crippen LogP contribution >= 0.6 is 27.3 Å². The lowest BCUT2D eigenvalue weighted by Gasteiger charge is -2.08. The number of aliphatic hydroxyl groups excluding tert-OH is 1. The van der Waals surface area contributed by atoms with Gasteiger partial charge in [-0.25, -0.2) is 0 Å². The van der Waals surface area contributed by atoms with Crippen LogP contribution in [-0.2, 0) is 0 Å². The minimum Gasteiger partial charge on any atom is -0.381 e. The Morgan fingerprint density at radius 1 is 1.40 bits per heavy atom. The van der Waals surface area contributed by atoms with Crippen LogP contribution in [0.1, 0.15) is 22.2 Å². The van der Waals surface area contributed by atoms with Crippen LogP contribution in [0.3, 0.4) is 0 Å². The van der Waals surface area contributed by atoms with Gasteiger partial charge in [-0.1, -0.05) is 6.07 Å². The topological polar surface area (TPSA) is 33.1 Å². The van der Waals surface area contributed by atoms with Crippen molar-refractivity contribution in [2.24, 2.45) is 0 Å². The van der Waals surface area contributed by atoms with Crippen molar-refractivity contribution in [1.82, 2.24) is 4.98 Å². The molecule has 2 aromatic rings. The van der Waals surface area contributed by atoms with Crippen LogP contribution in [0, 0.1) is 6.92 Å². The van der Waals surface area contributed by atoms with Gasteiger partial charge in [0.1, 0.15) is 6.10 Å². The SMILES string of the molecule is Cc1ccc(C(O)c2sccc2Br)nc1. The van der Waals surface area contributed by atoms with Crippen molar-refractivity contribution in [2.45, 2.75) is 13.0 Å². The fourth-order valence-corrected chi connectivity index (χ4v) is 2.86. The molecule has 1 atom stereocenters. The molecule has 2 nitrogen and oxygen atoms in total. The second kappa shape index (κ2) is 4.43. The first-order valence-electron chi connectivity index (χ1n) is 4.52. The number of pyridine rings is 1. The number of aryl methyl sites for hydroxylation is 1. The Morgan fingerprint density at radius 2 is 2.20 bits per heavy atom. The van der Waals surface area contributed by atoms with Crippen molar-refractivity contribution in [3.8, 4) is 0 Å². The van der Waals surface area contributed by atoms with Gasteiger partial charge in [-0.05, 0) is 45.9 Å². The molecule has 0 aliphatic rings. The number of nitrogens with zero attached hydrogens (tertiary/aromatic N) is 1. The van der Waals surface area contributed by atoms with Crippen LogP contribution in [0.15, 0.2) is 34.2 Å². The summed E-state index contributed by atoms with van der Waals surface area (Å²) in [6, 6.07) is 5.73. The lowest BCUT2D eigenvalue weighted by molar-refractivity contribution is 0.218. The maximum absolute atomic E-state index is 10.1. The molecule has 0 saturated heterocycles. The molecule has 2 aromatic heterocycles. The van der Waals surface area contributed by atoms with E-state index in [1.54, 1.807) is 6.20 Å². The van der Waals surface area contributed by atoms with Gasteiger partial charge in [0.25, 0.3) is 0 Å². The van der Waals surface area contributed by atoms with Gasteiger partial charge in [0.15, 0.2) is 0 Å². The molecule has 1 unspecified atom stereocenters. The van der Waals surface area contributed by atoms with Gasteiger partial charge in [-0.15, -0.1) is 11.3 Å². The van der Waals surface area contributed by atoms with Crippen LogP contribution in [0.2, 0.25) is 0 Å². The molecular formula is C11H10BrNOS. The smallest absolute Gasteiger partial charge is 0.131 e. The monoisotopic (exact) mass is 283 g/mol. The van der Waals surface area contributed by atoms with Gasteiger partial charge >= 0.3 is 0 Å². The van der Waals surface area contributed by atoms with E-state index in [1.165, 1.54) is 11.3 Å². The van der Waals surface area contributed by atoms with Gasteiger partial charge in [0.2, 0.25) is 0 Å². The lowest BCUT2D eigenvalue weighted by Crippen LogP contribution is -2.00. The van der Waals surface area contributed by atoms with E-state index in [0.717, 1.165) is 14.9 Å². The number of aromatic nitrogens is 1. The summed E-state index contributed by atoms with van der Waals surface area (Å²) in [6.45, 7) is 1.98. The van der Waals surface area contributed by atoms with Crippen molar-refractivity contribution >= 4 is 27.3 Å². The zero-order chi connectivity index (χ0) is 10.8. The molecule has 78 valence electrons. The van der Waals surface area contributed by atoms with Gasteiger partial charge in [-0.3, -0.25) is 4.98 Å². The van der Waals surface area contributed by atoms with E-state index in [4.69, 9.17) is 0 Å². The summed E-state index contributed by atoms with van der Waals surface area (Å²) < 4.78 is 0.933. The predicted molar refractivity (Wildman–Crippen MR) is 65.1 cm³/mol. The molecule has 0 spiro atoms. The molecule has 1 N–H and O–H groups in total. The summed E-state index contributed by atoms with van der Waals surface area (Å²) in [7, 11) is 0. The number of hydrogen-bond donors (Lipinski definition) is 1. The van der Waals surface area contributed by atoms with Crippen LogP contribution in [-0.4, -0.2) is 10.1 Å². The van der Waals surface area contributed by atoms with E-state index in [9.17, 15) is 5.11 Å². The van der Waals surface area contributed by atoms with E-state index in [-0.39, 0.29) is 0 Å². The third-order valence-corrected chi connectivity index (χ3v) is 4.03. The molecule has 0 fully saturated rings. The molecule has 0 radical (unpaired) electrons. The molecule has 0 amide bonds. The molecule has 0 aliphatic carbocycles. The highest BCUT2D eigenvalue weighted by atomic mass is 79.9. The molecule has 2 heterocycles. The Bertz CT molecular complexity index is 452. The molecule has 0 aromatic carbocycles. The molecule has 15 heavy (non-hydrogen) atoms. The van der Waals surface area contributed by atoms with E-state index in [1.807, 2.05) is 30.5 Å². The van der Waals surface area contributed by atoms with Gasteiger partial charge < -0.3 is 5.11 Å².